The fourth-order valence-electron chi connectivity index (χ4n) is 4.62. The van der Waals surface area contributed by atoms with Crippen molar-refractivity contribution in [3.63, 3.8) is 0 Å². The molecule has 1 atom stereocenters. The van der Waals surface area contributed by atoms with Gasteiger partial charge in [0.25, 0.3) is 0 Å². The lowest BCUT2D eigenvalue weighted by Gasteiger charge is -2.35. The fraction of sp³-hybridized carbons (Fsp3) is 0.619. The number of para-hydroxylation sites is 1. The summed E-state index contributed by atoms with van der Waals surface area (Å²) in [5, 5.41) is 1.18. The Labute approximate surface area is 160 Å². The lowest BCUT2D eigenvalue weighted by Crippen LogP contribution is -2.46. The fourth-order valence-corrected chi connectivity index (χ4v) is 5.76. The number of carbonyl (C=O) groups excluding carboxylic acids is 1. The van der Waals surface area contributed by atoms with Crippen molar-refractivity contribution in [3.8, 4) is 0 Å². The molecule has 1 amide bonds. The molecule has 2 heterocycles. The van der Waals surface area contributed by atoms with Crippen molar-refractivity contribution in [2.75, 3.05) is 19.6 Å². The van der Waals surface area contributed by atoms with E-state index >= 15 is 0 Å². The van der Waals surface area contributed by atoms with Crippen LogP contribution < -0.4 is 0 Å². The van der Waals surface area contributed by atoms with Gasteiger partial charge in [-0.05, 0) is 51.3 Å². The summed E-state index contributed by atoms with van der Waals surface area (Å²) in [4.78, 5) is 22.4. The van der Waals surface area contributed by atoms with Crippen LogP contribution in [0.25, 0.3) is 10.2 Å². The van der Waals surface area contributed by atoms with Gasteiger partial charge < -0.3 is 4.90 Å². The van der Waals surface area contributed by atoms with Crippen LogP contribution in [0.1, 0.15) is 62.9 Å². The van der Waals surface area contributed by atoms with Gasteiger partial charge in [-0.3, -0.25) is 9.69 Å². The van der Waals surface area contributed by atoms with Gasteiger partial charge in [0.1, 0.15) is 5.01 Å². The third kappa shape index (κ3) is 3.65. The maximum atomic E-state index is 13.0. The second-order valence-corrected chi connectivity index (χ2v) is 8.68. The first-order chi connectivity index (χ1) is 12.8. The minimum Gasteiger partial charge on any atom is -0.339 e. The Morgan fingerprint density at radius 1 is 1.19 bits per heavy atom. The van der Waals surface area contributed by atoms with Crippen molar-refractivity contribution < 1.29 is 4.79 Å². The number of likely N-dealkylation sites (N-methyl/N-ethyl adjacent to an activating group) is 1. The van der Waals surface area contributed by atoms with E-state index in [2.05, 4.69) is 34.9 Å². The summed E-state index contributed by atoms with van der Waals surface area (Å²) in [5.74, 6) is 0.312. The minimum atomic E-state index is 0.307. The van der Waals surface area contributed by atoms with E-state index in [1.54, 1.807) is 11.3 Å². The minimum absolute atomic E-state index is 0.307. The molecule has 1 aliphatic heterocycles. The van der Waals surface area contributed by atoms with Crippen LogP contribution in [0.2, 0.25) is 0 Å². The number of benzene rings is 1. The predicted octanol–water partition coefficient (Wildman–Crippen LogP) is 4.61. The van der Waals surface area contributed by atoms with Crippen molar-refractivity contribution in [2.45, 2.75) is 64.0 Å². The number of rotatable bonds is 5. The molecule has 140 valence electrons. The van der Waals surface area contributed by atoms with Crippen LogP contribution in [0, 0.1) is 0 Å². The molecule has 1 saturated carbocycles. The highest BCUT2D eigenvalue weighted by molar-refractivity contribution is 7.18. The topological polar surface area (TPSA) is 36.4 Å². The second-order valence-electron chi connectivity index (χ2n) is 7.62. The number of fused-ring (bicyclic) bond motifs is 1. The van der Waals surface area contributed by atoms with Crippen molar-refractivity contribution in [3.05, 3.63) is 29.3 Å². The van der Waals surface area contributed by atoms with E-state index in [0.29, 0.717) is 24.5 Å². The SMILES string of the molecule is CCN(C(=O)CN1CCCC1c1nc2ccccc2s1)C1CCCCC1. The highest BCUT2D eigenvalue weighted by Crippen LogP contribution is 2.36. The first kappa shape index (κ1) is 17.9. The third-order valence-corrected chi connectivity index (χ3v) is 7.11. The third-order valence-electron chi connectivity index (χ3n) is 5.97. The number of amides is 1. The molecular formula is C21H29N3OS. The van der Waals surface area contributed by atoms with E-state index in [9.17, 15) is 4.79 Å². The molecule has 1 aliphatic carbocycles. The molecule has 1 saturated heterocycles. The lowest BCUT2D eigenvalue weighted by molar-refractivity contribution is -0.135. The number of hydrogen-bond donors (Lipinski definition) is 0. The monoisotopic (exact) mass is 371 g/mol. The zero-order chi connectivity index (χ0) is 17.9. The van der Waals surface area contributed by atoms with Gasteiger partial charge in [0, 0.05) is 12.6 Å². The van der Waals surface area contributed by atoms with Crippen molar-refractivity contribution in [1.82, 2.24) is 14.8 Å². The van der Waals surface area contributed by atoms with E-state index in [1.165, 1.54) is 41.8 Å². The van der Waals surface area contributed by atoms with Gasteiger partial charge in [-0.15, -0.1) is 11.3 Å². The quantitative estimate of drug-likeness (QED) is 0.770. The molecule has 2 fully saturated rings. The molecule has 1 aromatic carbocycles. The van der Waals surface area contributed by atoms with Gasteiger partial charge >= 0.3 is 0 Å². The van der Waals surface area contributed by atoms with Gasteiger partial charge in [-0.1, -0.05) is 31.4 Å². The number of likely N-dealkylation sites (tertiary alicyclic amines) is 1. The maximum absolute atomic E-state index is 13.0. The highest BCUT2D eigenvalue weighted by Gasteiger charge is 2.32. The first-order valence-electron chi connectivity index (χ1n) is 10.1. The Morgan fingerprint density at radius 3 is 2.77 bits per heavy atom. The summed E-state index contributed by atoms with van der Waals surface area (Å²) >= 11 is 1.79. The molecule has 1 aromatic heterocycles. The molecule has 2 aromatic rings. The van der Waals surface area contributed by atoms with Crippen LogP contribution in [0.5, 0.6) is 0 Å². The molecule has 0 N–H and O–H groups in total. The Bertz CT molecular complexity index is 720. The van der Waals surface area contributed by atoms with Gasteiger partial charge in [-0.25, -0.2) is 4.98 Å². The Balaban J connectivity index is 1.46. The van der Waals surface area contributed by atoms with E-state index in [4.69, 9.17) is 4.98 Å². The molecular weight excluding hydrogens is 342 g/mol. The lowest BCUT2D eigenvalue weighted by atomic mass is 9.94. The van der Waals surface area contributed by atoms with Gasteiger partial charge in [0.15, 0.2) is 0 Å². The van der Waals surface area contributed by atoms with Gasteiger partial charge in [-0.2, -0.15) is 0 Å². The van der Waals surface area contributed by atoms with Gasteiger partial charge in [0.2, 0.25) is 5.91 Å². The van der Waals surface area contributed by atoms with Crippen molar-refractivity contribution in [2.24, 2.45) is 0 Å². The summed E-state index contributed by atoms with van der Waals surface area (Å²) < 4.78 is 1.25. The molecule has 2 aliphatic rings. The van der Waals surface area contributed by atoms with E-state index < -0.39 is 0 Å². The Kier molecular flexibility index (Phi) is 5.55. The number of aromatic nitrogens is 1. The van der Waals surface area contributed by atoms with E-state index in [1.807, 2.05) is 6.07 Å². The highest BCUT2D eigenvalue weighted by atomic mass is 32.1. The van der Waals surface area contributed by atoms with Crippen molar-refractivity contribution in [1.29, 1.82) is 0 Å². The largest absolute Gasteiger partial charge is 0.339 e. The number of nitrogens with zero attached hydrogens (tertiary/aromatic N) is 3. The normalized spacial score (nSPS) is 22.1. The molecule has 0 radical (unpaired) electrons. The van der Waals surface area contributed by atoms with Gasteiger partial charge in [0.05, 0.1) is 22.8 Å². The Hall–Kier alpha value is -1.46. The number of thiazole rings is 1. The van der Waals surface area contributed by atoms with Crippen LogP contribution in [0.4, 0.5) is 0 Å². The van der Waals surface area contributed by atoms with Crippen LogP contribution in [-0.4, -0.2) is 46.4 Å². The van der Waals surface area contributed by atoms with Crippen LogP contribution in [-0.2, 0) is 4.79 Å². The van der Waals surface area contributed by atoms with Crippen LogP contribution >= 0.6 is 11.3 Å². The zero-order valence-electron chi connectivity index (χ0n) is 15.7. The standard InChI is InChI=1S/C21H29N3OS/c1-2-24(16-9-4-3-5-10-16)20(25)15-23-14-8-12-18(23)21-22-17-11-6-7-13-19(17)26-21/h6-7,11,13,16,18H,2-5,8-10,12,14-15H2,1H3. The molecule has 4 nitrogen and oxygen atoms in total. The number of hydrogen-bond acceptors (Lipinski definition) is 4. The predicted molar refractivity (Wildman–Crippen MR) is 107 cm³/mol. The van der Waals surface area contributed by atoms with E-state index in [-0.39, 0.29) is 0 Å². The molecule has 5 heteroatoms. The first-order valence-corrected chi connectivity index (χ1v) is 11.0. The summed E-state index contributed by atoms with van der Waals surface area (Å²) in [6.07, 6.45) is 8.50. The Morgan fingerprint density at radius 2 is 2.00 bits per heavy atom. The van der Waals surface area contributed by atoms with Crippen LogP contribution in [0.3, 0.4) is 0 Å². The maximum Gasteiger partial charge on any atom is 0.237 e. The number of carbonyl (C=O) groups is 1. The molecule has 0 spiro atoms. The smallest absolute Gasteiger partial charge is 0.237 e. The molecule has 0 bridgehead atoms. The summed E-state index contributed by atoms with van der Waals surface area (Å²) in [5.41, 5.74) is 1.09. The average molecular weight is 372 g/mol. The average Bonchev–Trinajstić information content (AvgIpc) is 3.29. The van der Waals surface area contributed by atoms with Crippen LogP contribution in [0.15, 0.2) is 24.3 Å². The molecule has 26 heavy (non-hydrogen) atoms. The van der Waals surface area contributed by atoms with Crippen molar-refractivity contribution >= 4 is 27.5 Å². The van der Waals surface area contributed by atoms with E-state index in [0.717, 1.165) is 31.4 Å². The zero-order valence-corrected chi connectivity index (χ0v) is 16.5. The molecule has 4 rings (SSSR count). The molecule has 1 unspecified atom stereocenters. The summed E-state index contributed by atoms with van der Waals surface area (Å²) in [6, 6.07) is 9.12. The summed E-state index contributed by atoms with van der Waals surface area (Å²) in [6.45, 7) is 4.52. The second kappa shape index (κ2) is 8.05. The summed E-state index contributed by atoms with van der Waals surface area (Å²) in [7, 11) is 0.